The highest BCUT2D eigenvalue weighted by atomic mass is 16.8. The highest BCUT2D eigenvalue weighted by Gasteiger charge is 1.87. The first-order chi connectivity index (χ1) is 4.41. The van der Waals surface area contributed by atoms with Crippen LogP contribution in [0.15, 0.2) is 0 Å². The van der Waals surface area contributed by atoms with Gasteiger partial charge in [0.15, 0.2) is 20.4 Å². The summed E-state index contributed by atoms with van der Waals surface area (Å²) in [5.74, 6) is 0. The van der Waals surface area contributed by atoms with Crippen molar-refractivity contribution in [2.45, 2.75) is 0 Å². The predicted molar refractivity (Wildman–Crippen MR) is 29.7 cm³/mol. The van der Waals surface area contributed by atoms with Gasteiger partial charge in [0.05, 0.1) is 0 Å². The van der Waals surface area contributed by atoms with Crippen LogP contribution in [0.1, 0.15) is 0 Å². The number of hydrogen-bond donors (Lipinski definition) is 0. The Morgan fingerprint density at radius 2 is 1.22 bits per heavy atom. The fourth-order valence-corrected chi connectivity index (χ4v) is 0.245. The van der Waals surface area contributed by atoms with E-state index in [2.05, 4.69) is 33.2 Å². The summed E-state index contributed by atoms with van der Waals surface area (Å²) in [6.45, 7) is 0.374. The lowest BCUT2D eigenvalue weighted by atomic mass is 11.3. The molecule has 0 saturated carbocycles. The molecule has 0 aliphatic heterocycles. The van der Waals surface area contributed by atoms with Crippen molar-refractivity contribution in [1.29, 1.82) is 0 Å². The summed E-state index contributed by atoms with van der Waals surface area (Å²) in [5, 5.41) is 0. The molecule has 0 spiro atoms. The Labute approximate surface area is 54.7 Å². The Morgan fingerprint density at radius 1 is 0.778 bits per heavy atom. The monoisotopic (exact) mass is 134 g/mol. The first-order valence-corrected chi connectivity index (χ1v) is 2.31. The lowest BCUT2D eigenvalue weighted by molar-refractivity contribution is -0.148. The Bertz CT molecular complexity index is 42.2. The molecule has 9 heavy (non-hydrogen) atoms. The average Bonchev–Trinajstić information content (AvgIpc) is 1.89. The van der Waals surface area contributed by atoms with E-state index in [1.807, 2.05) is 0 Å². The van der Waals surface area contributed by atoms with Crippen LogP contribution in [0.2, 0.25) is 0 Å². The zero-order chi connectivity index (χ0) is 6.95. The maximum atomic E-state index is 4.67. The van der Waals surface area contributed by atoms with Gasteiger partial charge in [-0.1, -0.05) is 0 Å². The lowest BCUT2D eigenvalue weighted by Crippen LogP contribution is -2.03. The Hall–Kier alpha value is -0.420. The lowest BCUT2D eigenvalue weighted by Gasteiger charge is -1.97. The van der Waals surface area contributed by atoms with Crippen molar-refractivity contribution in [2.75, 3.05) is 20.4 Å². The summed E-state index contributed by atoms with van der Waals surface area (Å²) >= 11 is 0. The maximum absolute atomic E-state index is 4.67. The molecule has 0 aromatic rings. The zero-order valence-electron chi connectivity index (χ0n) is 5.17. The highest BCUT2D eigenvalue weighted by Crippen LogP contribution is 1.79. The van der Waals surface area contributed by atoms with Crippen molar-refractivity contribution < 1.29 is 18.9 Å². The maximum Gasteiger partial charge on any atom is 0.216 e. The van der Waals surface area contributed by atoms with Gasteiger partial charge in [-0.3, -0.25) is 0 Å². The van der Waals surface area contributed by atoms with Crippen LogP contribution >= 0.6 is 0 Å². The van der Waals surface area contributed by atoms with E-state index in [0.29, 0.717) is 0 Å². The Kier molecular flexibility index (Phi) is 7.23. The van der Waals surface area contributed by atoms with E-state index in [1.54, 1.807) is 0 Å². The molecule has 0 rings (SSSR count). The van der Waals surface area contributed by atoms with Crippen LogP contribution in [-0.2, 0) is 18.9 Å². The molecule has 0 heterocycles. The van der Waals surface area contributed by atoms with E-state index in [4.69, 9.17) is 0 Å². The van der Waals surface area contributed by atoms with Gasteiger partial charge in [-0.2, -0.15) is 9.47 Å². The summed E-state index contributed by atoms with van der Waals surface area (Å²) in [6, 6.07) is 0. The summed E-state index contributed by atoms with van der Waals surface area (Å²) in [7, 11) is 6.16. The number of ether oxygens (including phenoxy) is 4. The molecule has 0 unspecified atom stereocenters. The molecular formula is C5H10O4+2. The van der Waals surface area contributed by atoms with Crippen molar-refractivity contribution in [1.82, 2.24) is 0 Å². The molecule has 4 heteroatoms. The summed E-state index contributed by atoms with van der Waals surface area (Å²) < 4.78 is 18.0. The molecule has 0 N–H and O–H groups in total. The second-order valence-corrected chi connectivity index (χ2v) is 1.17. The Balaban J connectivity index is 2.60. The van der Waals surface area contributed by atoms with Gasteiger partial charge < -0.3 is 9.47 Å². The predicted octanol–water partition coefficient (Wildman–Crippen LogP) is 0.508. The van der Waals surface area contributed by atoms with Gasteiger partial charge in [-0.15, -0.1) is 0 Å². The number of rotatable bonds is 6. The highest BCUT2D eigenvalue weighted by molar-refractivity contribution is 4.05. The quantitative estimate of drug-likeness (QED) is 0.301. The summed E-state index contributed by atoms with van der Waals surface area (Å²) in [4.78, 5) is 0. The van der Waals surface area contributed by atoms with Crippen LogP contribution in [0.3, 0.4) is 0 Å². The van der Waals surface area contributed by atoms with Crippen molar-refractivity contribution >= 4 is 0 Å². The smallest absolute Gasteiger partial charge is 0.216 e. The van der Waals surface area contributed by atoms with Crippen LogP contribution in [0, 0.1) is 14.2 Å². The van der Waals surface area contributed by atoms with Gasteiger partial charge in [-0.05, 0) is 0 Å². The fraction of sp³-hybridized carbons (Fsp3) is 0.600. The SMILES string of the molecule is [CH2+]OCOCOCO[CH2+]. The number of hydrogen-bond acceptors (Lipinski definition) is 4. The molecule has 0 aliphatic rings. The molecular weight excluding hydrogens is 124 g/mol. The third-order valence-corrected chi connectivity index (χ3v) is 0.500. The van der Waals surface area contributed by atoms with E-state index >= 15 is 0 Å². The molecule has 4 nitrogen and oxygen atoms in total. The molecule has 0 aliphatic carbocycles. The van der Waals surface area contributed by atoms with E-state index in [-0.39, 0.29) is 20.4 Å². The van der Waals surface area contributed by atoms with Gasteiger partial charge in [-0.25, -0.2) is 0 Å². The minimum Gasteiger partial charge on any atom is -0.324 e. The molecule has 0 bridgehead atoms. The van der Waals surface area contributed by atoms with Crippen LogP contribution in [-0.4, -0.2) is 20.4 Å². The summed E-state index contributed by atoms with van der Waals surface area (Å²) in [5.41, 5.74) is 0. The molecule has 0 fully saturated rings. The van der Waals surface area contributed by atoms with E-state index in [1.165, 1.54) is 0 Å². The second-order valence-electron chi connectivity index (χ2n) is 1.17. The normalized spacial score (nSPS) is 9.78. The first-order valence-electron chi connectivity index (χ1n) is 2.31. The van der Waals surface area contributed by atoms with Crippen LogP contribution in [0.5, 0.6) is 0 Å². The first kappa shape index (κ1) is 8.58. The topological polar surface area (TPSA) is 36.9 Å². The molecule has 0 amide bonds. The zero-order valence-corrected chi connectivity index (χ0v) is 5.17. The van der Waals surface area contributed by atoms with E-state index in [0.717, 1.165) is 0 Å². The van der Waals surface area contributed by atoms with Crippen LogP contribution in [0.4, 0.5) is 0 Å². The van der Waals surface area contributed by atoms with Crippen LogP contribution in [0.25, 0.3) is 0 Å². The van der Waals surface area contributed by atoms with E-state index in [9.17, 15) is 0 Å². The fourth-order valence-electron chi connectivity index (χ4n) is 0.245. The minimum absolute atomic E-state index is 0.122. The van der Waals surface area contributed by atoms with Gasteiger partial charge >= 0.3 is 0 Å². The van der Waals surface area contributed by atoms with Crippen molar-refractivity contribution in [3.8, 4) is 0 Å². The third-order valence-electron chi connectivity index (χ3n) is 0.500. The molecule has 0 atom stereocenters. The molecule has 0 aromatic heterocycles. The van der Waals surface area contributed by atoms with Gasteiger partial charge in [0.1, 0.15) is 0 Å². The van der Waals surface area contributed by atoms with Gasteiger partial charge in [0, 0.05) is 0 Å². The third kappa shape index (κ3) is 7.58. The van der Waals surface area contributed by atoms with Crippen molar-refractivity contribution in [2.24, 2.45) is 0 Å². The molecule has 0 aromatic carbocycles. The van der Waals surface area contributed by atoms with Gasteiger partial charge in [0.25, 0.3) is 0 Å². The second kappa shape index (κ2) is 7.58. The standard InChI is InChI=1S/C5H10O4/c1-6-3-8-5-9-4-7-2/h1-5H2/q+2. The van der Waals surface area contributed by atoms with Crippen molar-refractivity contribution in [3.63, 3.8) is 0 Å². The largest absolute Gasteiger partial charge is 0.324 e. The molecule has 0 saturated heterocycles. The summed E-state index contributed by atoms with van der Waals surface area (Å²) in [6.07, 6.45) is 0. The van der Waals surface area contributed by atoms with Crippen molar-refractivity contribution in [3.05, 3.63) is 14.2 Å². The van der Waals surface area contributed by atoms with Crippen LogP contribution < -0.4 is 0 Å². The minimum atomic E-state index is 0.122. The Morgan fingerprint density at radius 3 is 1.56 bits per heavy atom. The average molecular weight is 134 g/mol. The van der Waals surface area contributed by atoms with E-state index < -0.39 is 0 Å². The molecule has 52 valence electrons. The van der Waals surface area contributed by atoms with Gasteiger partial charge in [0.2, 0.25) is 14.2 Å². The molecule has 0 radical (unpaired) electrons.